The van der Waals surface area contributed by atoms with E-state index in [1.54, 1.807) is 0 Å². The van der Waals surface area contributed by atoms with Gasteiger partial charge in [-0.05, 0) is 65.5 Å². The molecule has 8 heteroatoms. The molecule has 3 rings (SSSR count). The van der Waals surface area contributed by atoms with Crippen molar-refractivity contribution in [2.45, 2.75) is 71.1 Å². The van der Waals surface area contributed by atoms with Gasteiger partial charge in [0.25, 0.3) is 0 Å². The minimum atomic E-state index is -1.72. The third kappa shape index (κ3) is 8.20. The molecule has 4 atom stereocenters. The van der Waals surface area contributed by atoms with E-state index < -0.39 is 34.8 Å². The van der Waals surface area contributed by atoms with Gasteiger partial charge in [-0.15, -0.1) is 0 Å². The zero-order valence-electron chi connectivity index (χ0n) is 20.2. The van der Waals surface area contributed by atoms with Crippen molar-refractivity contribution in [3.05, 3.63) is 70.3 Å². The molecular weight excluding hydrogens is 458 g/mol. The van der Waals surface area contributed by atoms with E-state index >= 15 is 0 Å². The summed E-state index contributed by atoms with van der Waals surface area (Å²) in [6, 6.07) is 9.97. The first kappa shape index (κ1) is 26.9. The SMILES string of the molecule is CC(C)(C)Cc1ccc2c(c1)C(NCC(O)C(Cc1cc(F)cc(F)c1)OCS(N)=O)CCC2. The highest BCUT2D eigenvalue weighted by Gasteiger charge is 2.26. The lowest BCUT2D eigenvalue weighted by atomic mass is 9.82. The zero-order valence-corrected chi connectivity index (χ0v) is 21.0. The van der Waals surface area contributed by atoms with Crippen LogP contribution in [0.2, 0.25) is 0 Å². The molecule has 34 heavy (non-hydrogen) atoms. The molecule has 0 aromatic heterocycles. The first-order valence-corrected chi connectivity index (χ1v) is 13.1. The number of fused-ring (bicyclic) bond motifs is 1. The Balaban J connectivity index is 1.70. The van der Waals surface area contributed by atoms with Gasteiger partial charge in [0.1, 0.15) is 28.6 Å². The number of hydrogen-bond acceptors (Lipinski definition) is 4. The molecule has 4 unspecified atom stereocenters. The van der Waals surface area contributed by atoms with Gasteiger partial charge in [-0.3, -0.25) is 0 Å². The number of aliphatic hydroxyl groups is 1. The third-order valence-corrected chi connectivity index (χ3v) is 6.39. The highest BCUT2D eigenvalue weighted by atomic mass is 32.2. The lowest BCUT2D eigenvalue weighted by Gasteiger charge is -2.30. The number of rotatable bonds is 10. The summed E-state index contributed by atoms with van der Waals surface area (Å²) >= 11 is 0. The summed E-state index contributed by atoms with van der Waals surface area (Å²) < 4.78 is 44.2. The van der Waals surface area contributed by atoms with E-state index in [9.17, 15) is 18.1 Å². The summed E-state index contributed by atoms with van der Waals surface area (Å²) in [5, 5.41) is 19.7. The Hall–Kier alpha value is -1.71. The summed E-state index contributed by atoms with van der Waals surface area (Å²) in [5.74, 6) is -1.68. The Bertz CT molecular complexity index is 976. The maximum absolute atomic E-state index is 13.6. The van der Waals surface area contributed by atoms with Crippen molar-refractivity contribution in [3.8, 4) is 0 Å². The van der Waals surface area contributed by atoms with E-state index in [1.165, 1.54) is 28.8 Å². The molecule has 1 aliphatic rings. The fourth-order valence-electron chi connectivity index (χ4n) is 4.60. The van der Waals surface area contributed by atoms with E-state index in [0.717, 1.165) is 31.7 Å². The topological polar surface area (TPSA) is 84.6 Å². The normalized spacial score (nSPS) is 18.9. The van der Waals surface area contributed by atoms with Crippen LogP contribution >= 0.6 is 0 Å². The van der Waals surface area contributed by atoms with E-state index in [1.807, 2.05) is 0 Å². The average molecular weight is 495 g/mol. The second-order valence-electron chi connectivity index (χ2n) is 10.4. The lowest BCUT2D eigenvalue weighted by molar-refractivity contribution is -0.0188. The summed E-state index contributed by atoms with van der Waals surface area (Å²) in [6.45, 7) is 6.87. The minimum absolute atomic E-state index is 0.0612. The van der Waals surface area contributed by atoms with Gasteiger partial charge in [-0.2, -0.15) is 0 Å². The van der Waals surface area contributed by atoms with Crippen LogP contribution in [0.15, 0.2) is 36.4 Å². The minimum Gasteiger partial charge on any atom is -0.389 e. The number of aliphatic hydroxyl groups excluding tert-OH is 1. The summed E-state index contributed by atoms with van der Waals surface area (Å²) in [5.41, 5.74) is 4.40. The summed E-state index contributed by atoms with van der Waals surface area (Å²) in [4.78, 5) is 0. The zero-order chi connectivity index (χ0) is 24.9. The third-order valence-electron chi connectivity index (χ3n) is 6.02. The van der Waals surface area contributed by atoms with Crippen molar-refractivity contribution >= 4 is 11.0 Å². The van der Waals surface area contributed by atoms with Crippen molar-refractivity contribution in [2.75, 3.05) is 12.5 Å². The van der Waals surface area contributed by atoms with Crippen LogP contribution < -0.4 is 10.5 Å². The van der Waals surface area contributed by atoms with Gasteiger partial charge in [-0.1, -0.05) is 39.0 Å². The van der Waals surface area contributed by atoms with Crippen LogP contribution in [-0.4, -0.2) is 34.0 Å². The highest BCUT2D eigenvalue weighted by molar-refractivity contribution is 7.82. The van der Waals surface area contributed by atoms with E-state index in [0.29, 0.717) is 5.56 Å². The van der Waals surface area contributed by atoms with Crippen LogP contribution in [-0.2, 0) is 35.0 Å². The molecule has 0 aliphatic heterocycles. The molecule has 188 valence electrons. The van der Waals surface area contributed by atoms with Gasteiger partial charge in [0, 0.05) is 25.1 Å². The molecule has 0 bridgehead atoms. The van der Waals surface area contributed by atoms with Crippen LogP contribution in [0.25, 0.3) is 0 Å². The second-order valence-corrected chi connectivity index (χ2v) is 11.4. The van der Waals surface area contributed by atoms with Crippen LogP contribution in [0, 0.1) is 17.0 Å². The van der Waals surface area contributed by atoms with Gasteiger partial charge >= 0.3 is 0 Å². The Morgan fingerprint density at radius 1 is 1.18 bits per heavy atom. The van der Waals surface area contributed by atoms with Crippen LogP contribution in [0.4, 0.5) is 8.78 Å². The summed E-state index contributed by atoms with van der Waals surface area (Å²) in [6.07, 6.45) is 2.26. The molecule has 5 nitrogen and oxygen atoms in total. The fourth-order valence-corrected chi connectivity index (χ4v) is 4.91. The quantitative estimate of drug-likeness (QED) is 0.465. The standard InChI is InChI=1S/C26H36F2N2O3S/c1-26(2,3)14-17-7-8-19-5-4-6-23(22(19)11-17)30-15-24(31)25(33-16-34(29)32)12-18-9-20(27)13-21(28)10-18/h7-11,13,23-25,30-31H,4-6,12,14-16,29H2,1-3H3. The Labute approximate surface area is 203 Å². The molecule has 0 saturated heterocycles. The maximum Gasteiger partial charge on any atom is 0.136 e. The molecule has 0 saturated carbocycles. The number of ether oxygens (including phenoxy) is 1. The van der Waals surface area contributed by atoms with Crippen molar-refractivity contribution < 1.29 is 22.8 Å². The number of halogens is 2. The lowest BCUT2D eigenvalue weighted by Crippen LogP contribution is -2.41. The van der Waals surface area contributed by atoms with Crippen LogP contribution in [0.5, 0.6) is 0 Å². The smallest absolute Gasteiger partial charge is 0.136 e. The molecule has 0 radical (unpaired) electrons. The van der Waals surface area contributed by atoms with Crippen molar-refractivity contribution in [3.63, 3.8) is 0 Å². The van der Waals surface area contributed by atoms with E-state index in [4.69, 9.17) is 9.88 Å². The molecule has 1 aliphatic carbocycles. The second kappa shape index (κ2) is 11.8. The molecule has 0 fully saturated rings. The monoisotopic (exact) mass is 494 g/mol. The van der Waals surface area contributed by atoms with Gasteiger partial charge in [0.2, 0.25) is 0 Å². The first-order chi connectivity index (χ1) is 16.0. The van der Waals surface area contributed by atoms with Gasteiger partial charge < -0.3 is 15.2 Å². The van der Waals surface area contributed by atoms with Crippen molar-refractivity contribution in [2.24, 2.45) is 10.6 Å². The van der Waals surface area contributed by atoms with Crippen molar-refractivity contribution in [1.82, 2.24) is 5.32 Å². The summed E-state index contributed by atoms with van der Waals surface area (Å²) in [7, 11) is -1.72. The molecule has 4 N–H and O–H groups in total. The Kier molecular flexibility index (Phi) is 9.34. The number of benzene rings is 2. The first-order valence-electron chi connectivity index (χ1n) is 11.7. The van der Waals surface area contributed by atoms with Gasteiger partial charge in [0.05, 0.1) is 12.2 Å². The number of nitrogens with one attached hydrogen (secondary N) is 1. The number of nitrogens with two attached hydrogens (primary N) is 1. The average Bonchev–Trinajstić information content (AvgIpc) is 2.73. The van der Waals surface area contributed by atoms with E-state index in [2.05, 4.69) is 44.3 Å². The predicted octanol–water partition coefficient (Wildman–Crippen LogP) is 4.09. The largest absolute Gasteiger partial charge is 0.389 e. The van der Waals surface area contributed by atoms with Crippen LogP contribution in [0.3, 0.4) is 0 Å². The molecular formula is C26H36F2N2O3S. The van der Waals surface area contributed by atoms with Crippen LogP contribution in [0.1, 0.15) is 61.9 Å². The molecule has 0 amide bonds. The van der Waals surface area contributed by atoms with E-state index in [-0.39, 0.29) is 30.4 Å². The maximum atomic E-state index is 13.6. The van der Waals surface area contributed by atoms with Crippen molar-refractivity contribution in [1.29, 1.82) is 0 Å². The Morgan fingerprint density at radius 3 is 2.53 bits per heavy atom. The van der Waals surface area contributed by atoms with Gasteiger partial charge in [-0.25, -0.2) is 18.1 Å². The molecule has 2 aromatic carbocycles. The molecule has 0 heterocycles. The fraction of sp³-hybridized carbons (Fsp3) is 0.538. The molecule has 0 spiro atoms. The van der Waals surface area contributed by atoms with Gasteiger partial charge in [0.15, 0.2) is 0 Å². The number of aryl methyl sites for hydroxylation is 1. The Morgan fingerprint density at radius 2 is 1.88 bits per heavy atom. The number of hydrogen-bond donors (Lipinski definition) is 3. The molecule has 2 aromatic rings. The highest BCUT2D eigenvalue weighted by Crippen LogP contribution is 2.32. The predicted molar refractivity (Wildman–Crippen MR) is 131 cm³/mol.